The van der Waals surface area contributed by atoms with Crippen molar-refractivity contribution in [1.29, 1.82) is 0 Å². The Balaban J connectivity index is 4.61. The van der Waals surface area contributed by atoms with Crippen molar-refractivity contribution < 1.29 is 34.3 Å². The highest BCUT2D eigenvalue weighted by Crippen LogP contribution is 2.13. The monoisotopic (exact) mass is 398 g/mol. The molecule has 25 heavy (non-hydrogen) atoms. The molecule has 0 amide bonds. The van der Waals surface area contributed by atoms with Gasteiger partial charge in [-0.25, -0.2) is 8.37 Å². The van der Waals surface area contributed by atoms with Gasteiger partial charge < -0.3 is 0 Å². The van der Waals surface area contributed by atoms with E-state index in [1.165, 1.54) is 6.08 Å². The van der Waals surface area contributed by atoms with E-state index in [-0.39, 0.29) is 13.2 Å². The van der Waals surface area contributed by atoms with E-state index in [0.29, 0.717) is 19.3 Å². The molecule has 0 aliphatic heterocycles. The van der Waals surface area contributed by atoms with E-state index in [1.54, 1.807) is 6.92 Å². The van der Waals surface area contributed by atoms with E-state index >= 15 is 0 Å². The van der Waals surface area contributed by atoms with E-state index in [9.17, 15) is 16.8 Å². The second-order valence-corrected chi connectivity index (χ2v) is 7.86. The lowest BCUT2D eigenvalue weighted by atomic mass is 10.1. The SMILES string of the molecule is CC(C)=CCCC(=CCCC(C)=CCOS(=O)(=O)O)COS(=O)(=O)O. The van der Waals surface area contributed by atoms with Crippen LogP contribution in [-0.2, 0) is 29.2 Å². The summed E-state index contributed by atoms with van der Waals surface area (Å²) in [7, 11) is -8.94. The number of allylic oxidation sites excluding steroid dienone is 4. The maximum Gasteiger partial charge on any atom is 0.397 e. The van der Waals surface area contributed by atoms with Crippen LogP contribution in [-0.4, -0.2) is 39.2 Å². The number of hydrogen-bond acceptors (Lipinski definition) is 6. The molecule has 0 aromatic carbocycles. The van der Waals surface area contributed by atoms with Crippen LogP contribution in [0.15, 0.2) is 34.9 Å². The van der Waals surface area contributed by atoms with Crippen LogP contribution in [0, 0.1) is 0 Å². The molecule has 0 aromatic rings. The van der Waals surface area contributed by atoms with Crippen LogP contribution in [0.2, 0.25) is 0 Å². The van der Waals surface area contributed by atoms with Crippen LogP contribution in [0.25, 0.3) is 0 Å². The second-order valence-electron chi connectivity index (χ2n) is 5.67. The standard InChI is InChI=1S/C15H26O8S2/c1-13(2)6-4-8-15(12-23-25(19,20)21)9-5-7-14(3)10-11-22-24(16,17)18/h6,9-10H,4-5,7-8,11-12H2,1-3H3,(H,16,17,18)(H,19,20,21). The topological polar surface area (TPSA) is 127 Å². The van der Waals surface area contributed by atoms with E-state index in [4.69, 9.17) is 9.11 Å². The van der Waals surface area contributed by atoms with Crippen LogP contribution in [0.4, 0.5) is 0 Å². The fourth-order valence-corrected chi connectivity index (χ4v) is 2.34. The molecule has 2 N–H and O–H groups in total. The van der Waals surface area contributed by atoms with Gasteiger partial charge in [-0.05, 0) is 52.0 Å². The summed E-state index contributed by atoms with van der Waals surface area (Å²) in [6.07, 6.45) is 7.85. The molecule has 0 atom stereocenters. The molecule has 0 spiro atoms. The van der Waals surface area contributed by atoms with Gasteiger partial charge in [0.05, 0.1) is 13.2 Å². The minimum Gasteiger partial charge on any atom is -0.264 e. The Morgan fingerprint density at radius 2 is 1.40 bits per heavy atom. The van der Waals surface area contributed by atoms with Gasteiger partial charge in [-0.2, -0.15) is 16.8 Å². The summed E-state index contributed by atoms with van der Waals surface area (Å²) >= 11 is 0. The van der Waals surface area contributed by atoms with Gasteiger partial charge in [0.25, 0.3) is 0 Å². The zero-order chi connectivity index (χ0) is 19.5. The van der Waals surface area contributed by atoms with Crippen molar-refractivity contribution in [2.75, 3.05) is 13.2 Å². The van der Waals surface area contributed by atoms with Crippen molar-refractivity contribution in [3.8, 4) is 0 Å². The van der Waals surface area contributed by atoms with Crippen molar-refractivity contribution in [3.63, 3.8) is 0 Å². The van der Waals surface area contributed by atoms with Crippen molar-refractivity contribution in [3.05, 3.63) is 34.9 Å². The number of rotatable bonds is 12. The van der Waals surface area contributed by atoms with Crippen LogP contribution in [0.5, 0.6) is 0 Å². The third kappa shape index (κ3) is 17.6. The summed E-state index contributed by atoms with van der Waals surface area (Å²) in [6, 6.07) is 0. The average Bonchev–Trinajstić information content (AvgIpc) is 2.41. The first kappa shape index (κ1) is 24.0. The lowest BCUT2D eigenvalue weighted by molar-refractivity contribution is 0.287. The average molecular weight is 398 g/mol. The molecule has 146 valence electrons. The van der Waals surface area contributed by atoms with Gasteiger partial charge in [0, 0.05) is 0 Å². The zero-order valence-electron chi connectivity index (χ0n) is 14.6. The summed E-state index contributed by atoms with van der Waals surface area (Å²) in [5, 5.41) is 0. The third-order valence-corrected chi connectivity index (χ3v) is 3.88. The first-order valence-electron chi connectivity index (χ1n) is 7.59. The molecule has 0 rings (SSSR count). The smallest absolute Gasteiger partial charge is 0.264 e. The Morgan fingerprint density at radius 1 is 0.840 bits per heavy atom. The van der Waals surface area contributed by atoms with Crippen LogP contribution in [0.1, 0.15) is 46.5 Å². The molecule has 0 radical (unpaired) electrons. The van der Waals surface area contributed by atoms with Crippen molar-refractivity contribution >= 4 is 20.8 Å². The van der Waals surface area contributed by atoms with Gasteiger partial charge in [0.15, 0.2) is 0 Å². The molecule has 0 bridgehead atoms. The second kappa shape index (κ2) is 11.6. The van der Waals surface area contributed by atoms with Crippen LogP contribution < -0.4 is 0 Å². The summed E-state index contributed by atoms with van der Waals surface area (Å²) < 4.78 is 68.0. The lowest BCUT2D eigenvalue weighted by Gasteiger charge is -2.07. The van der Waals surface area contributed by atoms with Gasteiger partial charge in [0.2, 0.25) is 0 Å². The highest BCUT2D eigenvalue weighted by Gasteiger charge is 2.07. The minimum atomic E-state index is -4.49. The molecule has 0 aliphatic carbocycles. The normalized spacial score (nSPS) is 13.8. The van der Waals surface area contributed by atoms with E-state index in [0.717, 1.165) is 23.1 Å². The Hall–Kier alpha value is -1.04. The molecular weight excluding hydrogens is 372 g/mol. The zero-order valence-corrected chi connectivity index (χ0v) is 16.3. The first-order valence-corrected chi connectivity index (χ1v) is 10.3. The Bertz CT molecular complexity index is 696. The quantitative estimate of drug-likeness (QED) is 0.379. The highest BCUT2D eigenvalue weighted by atomic mass is 32.3. The van der Waals surface area contributed by atoms with E-state index < -0.39 is 20.8 Å². The summed E-state index contributed by atoms with van der Waals surface area (Å²) in [5.41, 5.74) is 2.73. The summed E-state index contributed by atoms with van der Waals surface area (Å²) in [4.78, 5) is 0. The van der Waals surface area contributed by atoms with Gasteiger partial charge in [-0.1, -0.05) is 29.4 Å². The van der Waals surface area contributed by atoms with Gasteiger partial charge in [-0.15, -0.1) is 0 Å². The molecular formula is C15H26O8S2. The summed E-state index contributed by atoms with van der Waals surface area (Å²) in [5.74, 6) is 0. The van der Waals surface area contributed by atoms with Gasteiger partial charge in [0.1, 0.15) is 0 Å². The molecule has 0 aliphatic rings. The molecule has 0 aromatic heterocycles. The number of hydrogen-bond donors (Lipinski definition) is 2. The minimum absolute atomic E-state index is 0.218. The molecule has 10 heteroatoms. The van der Waals surface area contributed by atoms with Gasteiger partial charge >= 0.3 is 20.8 Å². The maximum atomic E-state index is 10.7. The largest absolute Gasteiger partial charge is 0.397 e. The maximum absolute atomic E-state index is 10.7. The van der Waals surface area contributed by atoms with Crippen molar-refractivity contribution in [2.24, 2.45) is 0 Å². The third-order valence-electron chi connectivity index (χ3n) is 3.03. The van der Waals surface area contributed by atoms with E-state index in [2.05, 4.69) is 8.37 Å². The fourth-order valence-electron chi connectivity index (χ4n) is 1.80. The fraction of sp³-hybridized carbons (Fsp3) is 0.600. The van der Waals surface area contributed by atoms with Crippen molar-refractivity contribution in [1.82, 2.24) is 0 Å². The molecule has 0 fully saturated rings. The Labute approximate surface area is 150 Å². The Kier molecular flexibility index (Phi) is 11.1. The highest BCUT2D eigenvalue weighted by molar-refractivity contribution is 7.81. The predicted molar refractivity (Wildman–Crippen MR) is 94.7 cm³/mol. The predicted octanol–water partition coefficient (Wildman–Crippen LogP) is 3.02. The van der Waals surface area contributed by atoms with Gasteiger partial charge in [-0.3, -0.25) is 9.11 Å². The van der Waals surface area contributed by atoms with E-state index in [1.807, 2.05) is 26.0 Å². The molecule has 0 heterocycles. The van der Waals surface area contributed by atoms with Crippen LogP contribution in [0.3, 0.4) is 0 Å². The molecule has 0 saturated carbocycles. The van der Waals surface area contributed by atoms with Crippen LogP contribution >= 0.6 is 0 Å². The molecule has 8 nitrogen and oxygen atoms in total. The molecule has 0 unspecified atom stereocenters. The molecule has 0 saturated heterocycles. The lowest BCUT2D eigenvalue weighted by Crippen LogP contribution is -2.07. The Morgan fingerprint density at radius 3 is 1.92 bits per heavy atom. The summed E-state index contributed by atoms with van der Waals surface area (Å²) in [6.45, 7) is 5.22. The first-order chi connectivity index (χ1) is 11.4. The van der Waals surface area contributed by atoms with Crippen molar-refractivity contribution in [2.45, 2.75) is 46.5 Å².